The predicted octanol–water partition coefficient (Wildman–Crippen LogP) is 5.59. The summed E-state index contributed by atoms with van der Waals surface area (Å²) < 4.78 is 5.54. The summed E-state index contributed by atoms with van der Waals surface area (Å²) in [6.07, 6.45) is 3.66. The van der Waals surface area contributed by atoms with Gasteiger partial charge in [-0.1, -0.05) is 66.7 Å². The lowest BCUT2D eigenvalue weighted by Gasteiger charge is -2.38. The van der Waals surface area contributed by atoms with Gasteiger partial charge in [-0.05, 0) is 41.0 Å². The third-order valence-electron chi connectivity index (χ3n) is 8.84. The Kier molecular flexibility index (Phi) is 5.98. The number of ketones is 2. The number of non-ortho nitro benzene ring substituents is 1. The van der Waals surface area contributed by atoms with Gasteiger partial charge in [-0.15, -0.1) is 0 Å². The Morgan fingerprint density at radius 3 is 2.49 bits per heavy atom. The summed E-state index contributed by atoms with van der Waals surface area (Å²) >= 11 is 0. The van der Waals surface area contributed by atoms with Crippen molar-refractivity contribution in [1.82, 2.24) is 4.90 Å². The second kappa shape index (κ2) is 9.77. The minimum atomic E-state index is -1.54. The highest BCUT2D eigenvalue weighted by atomic mass is 16.6. The Morgan fingerprint density at radius 1 is 0.930 bits per heavy atom. The number of nitro groups is 1. The van der Waals surface area contributed by atoms with Crippen LogP contribution >= 0.6 is 0 Å². The molecule has 9 nitrogen and oxygen atoms in total. The van der Waals surface area contributed by atoms with E-state index in [-0.39, 0.29) is 16.8 Å². The lowest BCUT2D eigenvalue weighted by atomic mass is 9.62. The Balaban J connectivity index is 1.54. The number of amides is 1. The molecule has 0 aromatic heterocycles. The molecule has 4 aromatic carbocycles. The molecular formula is C34H25N3O6. The van der Waals surface area contributed by atoms with Gasteiger partial charge in [-0.3, -0.25) is 24.5 Å². The van der Waals surface area contributed by atoms with Gasteiger partial charge in [0, 0.05) is 29.6 Å². The molecule has 212 valence electrons. The van der Waals surface area contributed by atoms with Crippen LogP contribution < -0.4 is 10.1 Å². The van der Waals surface area contributed by atoms with Crippen LogP contribution in [0.1, 0.15) is 43.4 Å². The Morgan fingerprint density at radius 2 is 1.67 bits per heavy atom. The number of para-hydroxylation sites is 2. The third kappa shape index (κ3) is 3.67. The van der Waals surface area contributed by atoms with Crippen molar-refractivity contribution in [3.8, 4) is 5.75 Å². The van der Waals surface area contributed by atoms with E-state index in [9.17, 15) is 24.5 Å². The van der Waals surface area contributed by atoms with E-state index in [4.69, 9.17) is 4.74 Å². The first-order valence-electron chi connectivity index (χ1n) is 13.8. The largest absolute Gasteiger partial charge is 0.496 e. The highest BCUT2D eigenvalue weighted by Gasteiger charge is 2.70. The van der Waals surface area contributed by atoms with Crippen LogP contribution in [0.25, 0.3) is 6.08 Å². The molecule has 3 aliphatic heterocycles. The number of fused-ring (bicyclic) bond motifs is 6. The fourth-order valence-electron chi connectivity index (χ4n) is 7.13. The fourth-order valence-corrected chi connectivity index (χ4v) is 7.13. The Bertz CT molecular complexity index is 1880. The van der Waals surface area contributed by atoms with Crippen LogP contribution in [0.3, 0.4) is 0 Å². The lowest BCUT2D eigenvalue weighted by molar-refractivity contribution is -0.384. The second-order valence-electron chi connectivity index (χ2n) is 10.8. The number of nitro benzene ring substituents is 1. The molecule has 3 aliphatic rings. The summed E-state index contributed by atoms with van der Waals surface area (Å²) in [6.45, 7) is 0. The van der Waals surface area contributed by atoms with E-state index in [1.807, 2.05) is 41.3 Å². The van der Waals surface area contributed by atoms with E-state index in [0.29, 0.717) is 17.0 Å². The molecular weight excluding hydrogens is 546 g/mol. The molecule has 0 unspecified atom stereocenters. The summed E-state index contributed by atoms with van der Waals surface area (Å²) in [6, 6.07) is 25.2. The van der Waals surface area contributed by atoms with Crippen molar-refractivity contribution in [3.63, 3.8) is 0 Å². The number of carbonyl (C=O) groups excluding carboxylic acids is 3. The van der Waals surface area contributed by atoms with Gasteiger partial charge in [0.2, 0.25) is 5.91 Å². The van der Waals surface area contributed by atoms with Crippen molar-refractivity contribution in [1.29, 1.82) is 0 Å². The second-order valence-corrected chi connectivity index (χ2v) is 10.8. The van der Waals surface area contributed by atoms with Crippen molar-refractivity contribution < 1.29 is 24.0 Å². The number of Topliss-reactive ketones (excluding diaryl/α,β-unsaturated/α-hetero) is 2. The first kappa shape index (κ1) is 26.3. The van der Waals surface area contributed by atoms with Gasteiger partial charge in [0.15, 0.2) is 11.6 Å². The molecule has 43 heavy (non-hydrogen) atoms. The van der Waals surface area contributed by atoms with E-state index < -0.39 is 45.8 Å². The van der Waals surface area contributed by atoms with Gasteiger partial charge in [-0.2, -0.15) is 0 Å². The zero-order valence-corrected chi connectivity index (χ0v) is 23.0. The highest BCUT2D eigenvalue weighted by Crippen LogP contribution is 2.62. The summed E-state index contributed by atoms with van der Waals surface area (Å²) in [5.41, 5.74) is 1.33. The molecule has 7 rings (SSSR count). The number of hydrogen-bond acceptors (Lipinski definition) is 7. The molecule has 0 bridgehead atoms. The van der Waals surface area contributed by atoms with Crippen molar-refractivity contribution in [3.05, 3.63) is 141 Å². The molecule has 0 radical (unpaired) electrons. The van der Waals surface area contributed by atoms with Crippen LogP contribution in [-0.2, 0) is 10.2 Å². The fraction of sp³-hybridized carbons (Fsp3) is 0.147. The minimum absolute atomic E-state index is 0.0469. The van der Waals surface area contributed by atoms with Crippen molar-refractivity contribution in [2.24, 2.45) is 5.92 Å². The molecule has 1 amide bonds. The van der Waals surface area contributed by atoms with Gasteiger partial charge in [0.25, 0.3) is 5.69 Å². The van der Waals surface area contributed by atoms with Crippen LogP contribution in [0, 0.1) is 16.0 Å². The summed E-state index contributed by atoms with van der Waals surface area (Å²) in [5.74, 6) is -2.26. The Hall–Kier alpha value is -5.57. The number of rotatable bonds is 6. The highest BCUT2D eigenvalue weighted by molar-refractivity contribution is 6.17. The van der Waals surface area contributed by atoms with Crippen molar-refractivity contribution in [2.45, 2.75) is 17.5 Å². The number of carbonyl (C=O) groups is 3. The molecule has 4 atom stereocenters. The number of hydrogen-bond donors (Lipinski definition) is 1. The van der Waals surface area contributed by atoms with E-state index in [2.05, 4.69) is 5.32 Å². The number of nitrogens with zero attached hydrogens (tertiary/aromatic N) is 2. The van der Waals surface area contributed by atoms with Gasteiger partial charge in [-0.25, -0.2) is 0 Å². The van der Waals surface area contributed by atoms with Crippen LogP contribution in [0.5, 0.6) is 5.75 Å². The van der Waals surface area contributed by atoms with E-state index in [0.717, 1.165) is 11.1 Å². The number of nitrogens with one attached hydrogen (secondary N) is 1. The molecule has 1 fully saturated rings. The molecule has 4 aromatic rings. The van der Waals surface area contributed by atoms with Crippen LogP contribution in [0.4, 0.5) is 11.4 Å². The van der Waals surface area contributed by atoms with Gasteiger partial charge in [0.1, 0.15) is 17.2 Å². The SMILES string of the molecule is COc1ccccc1C(=O)[C@@H]1[C@@H](C(=O)c2cccc([N+](=O)[O-])c2)[C@]2(C(=O)Nc3ccccc32)[C@H]2c3ccccc3C=CN12. The zero-order valence-electron chi connectivity index (χ0n) is 23.0. The molecule has 0 aliphatic carbocycles. The van der Waals surface area contributed by atoms with Gasteiger partial charge in [0.05, 0.1) is 29.6 Å². The standard InChI is InChI=1S/C34H25N3O6/c1-43-27-16-7-4-13-24(27)31(39)29-28(30(38)21-10-8-11-22(19-21)37(41)42)34(25-14-5-6-15-26(25)35-33(34)40)32-23-12-3-2-9-20(23)17-18-36(29)32/h2-19,28-29,32H,1H3,(H,35,40)/t28-,29-,32+,34-/m0/s1. The maximum absolute atomic E-state index is 14.9. The molecule has 1 spiro atoms. The maximum atomic E-state index is 14.9. The van der Waals surface area contributed by atoms with Gasteiger partial charge < -0.3 is 15.0 Å². The van der Waals surface area contributed by atoms with Gasteiger partial charge >= 0.3 is 0 Å². The van der Waals surface area contributed by atoms with Crippen LogP contribution in [0.15, 0.2) is 103 Å². The van der Waals surface area contributed by atoms with Crippen molar-refractivity contribution in [2.75, 3.05) is 12.4 Å². The normalized spacial score (nSPS) is 22.9. The first-order valence-corrected chi connectivity index (χ1v) is 13.8. The number of anilines is 1. The zero-order chi connectivity index (χ0) is 29.9. The molecule has 1 N–H and O–H groups in total. The van der Waals surface area contributed by atoms with E-state index in [1.165, 1.54) is 31.4 Å². The lowest BCUT2D eigenvalue weighted by Crippen LogP contribution is -2.49. The first-order chi connectivity index (χ1) is 20.9. The quantitative estimate of drug-likeness (QED) is 0.182. The molecule has 3 heterocycles. The average molecular weight is 572 g/mol. The number of ether oxygens (including phenoxy) is 1. The van der Waals surface area contributed by atoms with Crippen molar-refractivity contribution >= 4 is 34.9 Å². The smallest absolute Gasteiger partial charge is 0.270 e. The van der Waals surface area contributed by atoms with Crippen LogP contribution in [0.2, 0.25) is 0 Å². The molecule has 0 saturated carbocycles. The van der Waals surface area contributed by atoms with E-state index in [1.54, 1.807) is 48.7 Å². The number of benzene rings is 4. The topological polar surface area (TPSA) is 119 Å². The minimum Gasteiger partial charge on any atom is -0.496 e. The van der Waals surface area contributed by atoms with Crippen LogP contribution in [-0.4, -0.2) is 40.4 Å². The third-order valence-corrected chi connectivity index (χ3v) is 8.84. The van der Waals surface area contributed by atoms with E-state index >= 15 is 0 Å². The monoisotopic (exact) mass is 571 g/mol. The molecule has 9 heteroatoms. The summed E-state index contributed by atoms with van der Waals surface area (Å²) in [4.78, 5) is 57.0. The maximum Gasteiger partial charge on any atom is 0.270 e. The molecule has 1 saturated heterocycles. The predicted molar refractivity (Wildman–Crippen MR) is 159 cm³/mol. The number of methoxy groups -OCH3 is 1. The summed E-state index contributed by atoms with van der Waals surface area (Å²) in [7, 11) is 1.47. The average Bonchev–Trinajstić information content (AvgIpc) is 3.52. The Labute approximate surface area is 246 Å². The summed E-state index contributed by atoms with van der Waals surface area (Å²) in [5, 5.41) is 14.7.